The fourth-order valence-corrected chi connectivity index (χ4v) is 1.99. The van der Waals surface area contributed by atoms with Crippen LogP contribution in [0.5, 0.6) is 0 Å². The Bertz CT molecular complexity index is 134. The second-order valence-electron chi connectivity index (χ2n) is 4.30. The largest absolute Gasteiger partial charge is 0.384 e. The van der Waals surface area contributed by atoms with Crippen LogP contribution in [0.2, 0.25) is 0 Å². The van der Waals surface area contributed by atoms with Crippen molar-refractivity contribution in [1.29, 1.82) is 0 Å². The van der Waals surface area contributed by atoms with Gasteiger partial charge < -0.3 is 10.1 Å². The molecule has 0 amide bonds. The van der Waals surface area contributed by atoms with Crippen molar-refractivity contribution in [1.82, 2.24) is 5.32 Å². The quantitative estimate of drug-likeness (QED) is 0.655. The van der Waals surface area contributed by atoms with E-state index in [4.69, 9.17) is 4.74 Å². The van der Waals surface area contributed by atoms with Gasteiger partial charge in [0, 0.05) is 19.8 Å². The van der Waals surface area contributed by atoms with Crippen LogP contribution >= 0.6 is 0 Å². The normalized spacial score (nSPS) is 21.5. The predicted octanol–water partition coefficient (Wildman–Crippen LogP) is 2.05. The van der Waals surface area contributed by atoms with Gasteiger partial charge in [0.2, 0.25) is 0 Å². The Kier molecular flexibility index (Phi) is 4.74. The Balaban J connectivity index is 2.20. The highest BCUT2D eigenvalue weighted by Gasteiger charge is 2.31. The topological polar surface area (TPSA) is 21.3 Å². The molecule has 1 N–H and O–H groups in total. The van der Waals surface area contributed by atoms with Crippen molar-refractivity contribution in [3.05, 3.63) is 0 Å². The molecule has 0 saturated heterocycles. The first-order valence-electron chi connectivity index (χ1n) is 5.50. The minimum Gasteiger partial charge on any atom is -0.384 e. The fraction of sp³-hybridized carbons (Fsp3) is 1.00. The van der Waals surface area contributed by atoms with Gasteiger partial charge in [-0.2, -0.15) is 0 Å². The molecule has 78 valence electrons. The van der Waals surface area contributed by atoms with E-state index in [2.05, 4.69) is 19.2 Å². The average Bonchev–Trinajstić information content (AvgIpc) is 2.86. The van der Waals surface area contributed by atoms with Crippen molar-refractivity contribution in [3.63, 3.8) is 0 Å². The Morgan fingerprint density at radius 1 is 1.46 bits per heavy atom. The van der Waals surface area contributed by atoms with E-state index in [1.165, 1.54) is 19.3 Å². The molecular formula is C11H23NO. The van der Waals surface area contributed by atoms with Gasteiger partial charge in [-0.15, -0.1) is 0 Å². The molecular weight excluding hydrogens is 162 g/mol. The summed E-state index contributed by atoms with van der Waals surface area (Å²) in [5.74, 6) is 1.65. The van der Waals surface area contributed by atoms with Crippen molar-refractivity contribution < 1.29 is 4.74 Å². The van der Waals surface area contributed by atoms with Gasteiger partial charge in [0.05, 0.1) is 0 Å². The Morgan fingerprint density at radius 3 is 2.62 bits per heavy atom. The number of hydrogen-bond acceptors (Lipinski definition) is 2. The molecule has 2 nitrogen and oxygen atoms in total. The molecule has 0 aromatic carbocycles. The molecule has 0 heterocycles. The van der Waals surface area contributed by atoms with Crippen LogP contribution in [-0.4, -0.2) is 26.3 Å². The van der Waals surface area contributed by atoms with Crippen molar-refractivity contribution in [2.75, 3.05) is 20.3 Å². The van der Waals surface area contributed by atoms with E-state index < -0.39 is 0 Å². The zero-order valence-electron chi connectivity index (χ0n) is 9.18. The van der Waals surface area contributed by atoms with Gasteiger partial charge in [0.15, 0.2) is 0 Å². The number of hydrogen-bond donors (Lipinski definition) is 1. The summed E-state index contributed by atoms with van der Waals surface area (Å²) in [4.78, 5) is 0. The molecule has 1 aliphatic carbocycles. The summed E-state index contributed by atoms with van der Waals surface area (Å²) >= 11 is 0. The SMILES string of the molecule is CCNC(CC(C)COC)C1CC1. The van der Waals surface area contributed by atoms with Crippen LogP contribution in [0.15, 0.2) is 0 Å². The van der Waals surface area contributed by atoms with Crippen LogP contribution in [-0.2, 0) is 4.74 Å². The van der Waals surface area contributed by atoms with Crippen LogP contribution in [0.4, 0.5) is 0 Å². The lowest BCUT2D eigenvalue weighted by molar-refractivity contribution is 0.147. The molecule has 1 aliphatic rings. The zero-order valence-corrected chi connectivity index (χ0v) is 9.18. The van der Waals surface area contributed by atoms with Gasteiger partial charge in [0.25, 0.3) is 0 Å². The van der Waals surface area contributed by atoms with E-state index in [1.807, 2.05) is 0 Å². The summed E-state index contributed by atoms with van der Waals surface area (Å²) in [6, 6.07) is 0.746. The van der Waals surface area contributed by atoms with Crippen LogP contribution < -0.4 is 5.32 Å². The second-order valence-corrected chi connectivity index (χ2v) is 4.30. The summed E-state index contributed by atoms with van der Waals surface area (Å²) in [5.41, 5.74) is 0. The molecule has 0 aromatic heterocycles. The molecule has 0 spiro atoms. The summed E-state index contributed by atoms with van der Waals surface area (Å²) < 4.78 is 5.16. The molecule has 2 atom stereocenters. The maximum atomic E-state index is 5.16. The highest BCUT2D eigenvalue weighted by Crippen LogP contribution is 2.35. The lowest BCUT2D eigenvalue weighted by Gasteiger charge is -2.20. The van der Waals surface area contributed by atoms with Gasteiger partial charge in [0.1, 0.15) is 0 Å². The van der Waals surface area contributed by atoms with Crippen molar-refractivity contribution in [3.8, 4) is 0 Å². The van der Waals surface area contributed by atoms with Gasteiger partial charge in [-0.25, -0.2) is 0 Å². The van der Waals surface area contributed by atoms with E-state index in [9.17, 15) is 0 Å². The van der Waals surface area contributed by atoms with Crippen LogP contribution in [0.3, 0.4) is 0 Å². The molecule has 1 saturated carbocycles. The summed E-state index contributed by atoms with van der Waals surface area (Å²) in [7, 11) is 1.79. The van der Waals surface area contributed by atoms with E-state index in [0.29, 0.717) is 5.92 Å². The van der Waals surface area contributed by atoms with Gasteiger partial charge in [-0.3, -0.25) is 0 Å². The van der Waals surface area contributed by atoms with Gasteiger partial charge in [-0.1, -0.05) is 13.8 Å². The lowest BCUT2D eigenvalue weighted by atomic mass is 9.99. The van der Waals surface area contributed by atoms with Crippen LogP contribution in [0.1, 0.15) is 33.1 Å². The zero-order chi connectivity index (χ0) is 9.68. The third-order valence-electron chi connectivity index (χ3n) is 2.76. The molecule has 0 aliphatic heterocycles. The third-order valence-corrected chi connectivity index (χ3v) is 2.76. The first kappa shape index (κ1) is 11.0. The monoisotopic (exact) mass is 185 g/mol. The number of methoxy groups -OCH3 is 1. The maximum Gasteiger partial charge on any atom is 0.0488 e. The molecule has 1 fully saturated rings. The molecule has 0 aromatic rings. The Hall–Kier alpha value is -0.0800. The van der Waals surface area contributed by atoms with E-state index in [-0.39, 0.29) is 0 Å². The number of nitrogens with one attached hydrogen (secondary N) is 1. The first-order valence-corrected chi connectivity index (χ1v) is 5.50. The molecule has 13 heavy (non-hydrogen) atoms. The maximum absolute atomic E-state index is 5.16. The first-order chi connectivity index (χ1) is 6.27. The van der Waals surface area contributed by atoms with Crippen LogP contribution in [0.25, 0.3) is 0 Å². The highest BCUT2D eigenvalue weighted by atomic mass is 16.5. The van der Waals surface area contributed by atoms with E-state index in [0.717, 1.165) is 25.1 Å². The van der Waals surface area contributed by atoms with Crippen LogP contribution in [0, 0.1) is 11.8 Å². The lowest BCUT2D eigenvalue weighted by Crippen LogP contribution is -2.33. The Morgan fingerprint density at radius 2 is 2.15 bits per heavy atom. The summed E-state index contributed by atoms with van der Waals surface area (Å²) in [5, 5.41) is 3.58. The molecule has 1 rings (SSSR count). The van der Waals surface area contributed by atoms with E-state index >= 15 is 0 Å². The summed E-state index contributed by atoms with van der Waals surface area (Å²) in [6.45, 7) is 6.46. The minimum absolute atomic E-state index is 0.689. The van der Waals surface area contributed by atoms with Crippen molar-refractivity contribution in [2.24, 2.45) is 11.8 Å². The molecule has 2 unspecified atom stereocenters. The average molecular weight is 185 g/mol. The number of ether oxygens (including phenoxy) is 1. The van der Waals surface area contributed by atoms with Gasteiger partial charge >= 0.3 is 0 Å². The fourth-order valence-electron chi connectivity index (χ4n) is 1.99. The predicted molar refractivity (Wildman–Crippen MR) is 55.8 cm³/mol. The number of rotatable bonds is 7. The summed E-state index contributed by atoms with van der Waals surface area (Å²) in [6.07, 6.45) is 4.13. The smallest absolute Gasteiger partial charge is 0.0488 e. The van der Waals surface area contributed by atoms with Crippen molar-refractivity contribution >= 4 is 0 Å². The third kappa shape index (κ3) is 4.10. The molecule has 2 heteroatoms. The standard InChI is InChI=1S/C11H23NO/c1-4-12-11(10-5-6-10)7-9(2)8-13-3/h9-12H,4-8H2,1-3H3. The van der Waals surface area contributed by atoms with Gasteiger partial charge in [-0.05, 0) is 37.6 Å². The highest BCUT2D eigenvalue weighted by molar-refractivity contribution is 4.86. The van der Waals surface area contributed by atoms with Crippen molar-refractivity contribution in [2.45, 2.75) is 39.2 Å². The second kappa shape index (κ2) is 5.61. The molecule has 0 radical (unpaired) electrons. The molecule has 0 bridgehead atoms. The van der Waals surface area contributed by atoms with E-state index in [1.54, 1.807) is 7.11 Å². The minimum atomic E-state index is 0.689. The Labute approximate surface area is 82.0 Å².